The highest BCUT2D eigenvalue weighted by molar-refractivity contribution is 9.10. The molecule has 0 unspecified atom stereocenters. The first-order chi connectivity index (χ1) is 8.43. The number of hydrogen-bond donors (Lipinski definition) is 0. The summed E-state index contributed by atoms with van der Waals surface area (Å²) in [5.74, 6) is 2.20. The lowest BCUT2D eigenvalue weighted by Gasteiger charge is -2.17. The van der Waals surface area contributed by atoms with Crippen LogP contribution in [-0.4, -0.2) is 25.8 Å². The Bertz CT molecular complexity index is 615. The van der Waals surface area contributed by atoms with Gasteiger partial charge in [-0.2, -0.15) is 9.57 Å². The normalized spacial score (nSPS) is 10.9. The molecular weight excluding hydrogens is 340 g/mol. The molecule has 0 spiro atoms. The van der Waals surface area contributed by atoms with Gasteiger partial charge in [0, 0.05) is 4.47 Å². The van der Waals surface area contributed by atoms with Crippen molar-refractivity contribution in [2.75, 3.05) is 13.1 Å². The fraction of sp³-hybridized carbons (Fsp3) is 0.182. The summed E-state index contributed by atoms with van der Waals surface area (Å²) in [6.07, 6.45) is 5.09. The van der Waals surface area contributed by atoms with Gasteiger partial charge in [0.05, 0.1) is 17.6 Å². The van der Waals surface area contributed by atoms with Gasteiger partial charge in [0.25, 0.3) is 0 Å². The summed E-state index contributed by atoms with van der Waals surface area (Å²) in [5.41, 5.74) is 0. The number of nitriles is 1. The van der Waals surface area contributed by atoms with Crippen molar-refractivity contribution in [3.05, 3.63) is 27.7 Å². The highest BCUT2D eigenvalue weighted by atomic mass is 79.9. The minimum atomic E-state index is -3.86. The molecule has 0 fully saturated rings. The number of halogens is 2. The Kier molecular flexibility index (Phi) is 5.18. The van der Waals surface area contributed by atoms with Crippen LogP contribution in [0, 0.1) is 23.7 Å². The number of hydrogen-bond acceptors (Lipinski definition) is 3. The quantitative estimate of drug-likeness (QED) is 0.620. The van der Waals surface area contributed by atoms with E-state index in [2.05, 4.69) is 21.9 Å². The number of terminal acetylenes is 1. The Labute approximate surface area is 119 Å². The van der Waals surface area contributed by atoms with Gasteiger partial charge in [-0.25, -0.2) is 8.42 Å². The van der Waals surface area contributed by atoms with E-state index >= 15 is 0 Å². The number of rotatable bonds is 4. The van der Waals surface area contributed by atoms with E-state index in [1.54, 1.807) is 12.1 Å². The molecule has 0 saturated carbocycles. The summed E-state index contributed by atoms with van der Waals surface area (Å²) in [6, 6.07) is 6.14. The molecule has 0 bridgehead atoms. The average molecular weight is 348 g/mol. The van der Waals surface area contributed by atoms with Crippen molar-refractivity contribution < 1.29 is 8.42 Å². The minimum absolute atomic E-state index is 0.0714. The van der Waals surface area contributed by atoms with Crippen LogP contribution in [0.3, 0.4) is 0 Å². The first-order valence-corrected chi connectivity index (χ1v) is 7.30. The summed E-state index contributed by atoms with van der Waals surface area (Å²) < 4.78 is 26.0. The van der Waals surface area contributed by atoms with Crippen LogP contribution < -0.4 is 0 Å². The van der Waals surface area contributed by atoms with Gasteiger partial charge in [-0.05, 0) is 18.2 Å². The zero-order chi connectivity index (χ0) is 13.8. The van der Waals surface area contributed by atoms with Crippen molar-refractivity contribution in [2.24, 2.45) is 0 Å². The van der Waals surface area contributed by atoms with Gasteiger partial charge in [0.1, 0.15) is 11.4 Å². The molecule has 0 radical (unpaired) electrons. The number of benzene rings is 1. The van der Waals surface area contributed by atoms with E-state index in [0.717, 1.165) is 4.31 Å². The maximum atomic E-state index is 12.2. The molecule has 1 aromatic rings. The topological polar surface area (TPSA) is 61.2 Å². The Morgan fingerprint density at radius 3 is 2.61 bits per heavy atom. The standard InChI is InChI=1S/C11H8BrClN2O2S/c1-2-6-15(7-5-14)18(16,17)11-4-3-9(12)8-10(11)13/h1,3-4,8H,6-7H2. The molecule has 0 saturated heterocycles. The van der Waals surface area contributed by atoms with Crippen LogP contribution in [0.2, 0.25) is 5.02 Å². The van der Waals surface area contributed by atoms with E-state index in [4.69, 9.17) is 23.3 Å². The van der Waals surface area contributed by atoms with E-state index in [1.165, 1.54) is 12.1 Å². The van der Waals surface area contributed by atoms with E-state index in [1.807, 2.05) is 0 Å². The Hall–Kier alpha value is -1.05. The highest BCUT2D eigenvalue weighted by Crippen LogP contribution is 2.27. The average Bonchev–Trinajstić information content (AvgIpc) is 2.28. The van der Waals surface area contributed by atoms with Crippen molar-refractivity contribution in [2.45, 2.75) is 4.90 Å². The molecule has 4 nitrogen and oxygen atoms in total. The van der Waals surface area contributed by atoms with Gasteiger partial charge in [0.2, 0.25) is 10.0 Å². The first kappa shape index (κ1) is 15.0. The van der Waals surface area contributed by atoms with Gasteiger partial charge in [-0.1, -0.05) is 33.5 Å². The van der Waals surface area contributed by atoms with E-state index < -0.39 is 10.0 Å². The monoisotopic (exact) mass is 346 g/mol. The van der Waals surface area contributed by atoms with Crippen LogP contribution in [0.4, 0.5) is 0 Å². The molecule has 0 aliphatic rings. The summed E-state index contributed by atoms with van der Waals surface area (Å²) in [5, 5.41) is 8.70. The smallest absolute Gasteiger partial charge is 0.207 e. The summed E-state index contributed by atoms with van der Waals surface area (Å²) in [4.78, 5) is -0.0714. The fourth-order valence-electron chi connectivity index (χ4n) is 1.23. The van der Waals surface area contributed by atoms with Gasteiger partial charge in [0.15, 0.2) is 0 Å². The molecule has 18 heavy (non-hydrogen) atoms. The second kappa shape index (κ2) is 6.21. The molecule has 1 aromatic carbocycles. The van der Waals surface area contributed by atoms with Crippen molar-refractivity contribution in [1.29, 1.82) is 5.26 Å². The molecule has 0 atom stereocenters. The maximum absolute atomic E-state index is 12.2. The number of sulfonamides is 1. The third kappa shape index (κ3) is 3.24. The summed E-state index contributed by atoms with van der Waals surface area (Å²) in [6.45, 7) is -0.499. The van der Waals surface area contributed by atoms with Crippen molar-refractivity contribution in [3.8, 4) is 18.4 Å². The van der Waals surface area contributed by atoms with E-state index in [-0.39, 0.29) is 23.0 Å². The predicted octanol–water partition coefficient (Wildman–Crippen LogP) is 2.25. The molecule has 0 heterocycles. The molecule has 7 heteroatoms. The first-order valence-electron chi connectivity index (χ1n) is 4.69. The molecule has 0 amide bonds. The zero-order valence-electron chi connectivity index (χ0n) is 9.10. The lowest BCUT2D eigenvalue weighted by atomic mass is 10.4. The molecule has 0 N–H and O–H groups in total. The second-order valence-electron chi connectivity index (χ2n) is 3.21. The van der Waals surface area contributed by atoms with Crippen molar-refractivity contribution in [3.63, 3.8) is 0 Å². The minimum Gasteiger partial charge on any atom is -0.207 e. The Morgan fingerprint density at radius 1 is 1.44 bits per heavy atom. The van der Waals surface area contributed by atoms with Crippen LogP contribution in [0.25, 0.3) is 0 Å². The Balaban J connectivity index is 3.28. The van der Waals surface area contributed by atoms with Crippen LogP contribution in [-0.2, 0) is 10.0 Å². The summed E-state index contributed by atoms with van der Waals surface area (Å²) in [7, 11) is -3.86. The van der Waals surface area contributed by atoms with Gasteiger partial charge < -0.3 is 0 Å². The largest absolute Gasteiger partial charge is 0.246 e. The zero-order valence-corrected chi connectivity index (χ0v) is 12.3. The maximum Gasteiger partial charge on any atom is 0.246 e. The SMILES string of the molecule is C#CCN(CC#N)S(=O)(=O)c1ccc(Br)cc1Cl. The van der Waals surface area contributed by atoms with Gasteiger partial charge in [-0.15, -0.1) is 6.42 Å². The molecule has 94 valence electrons. The van der Waals surface area contributed by atoms with Crippen LogP contribution >= 0.6 is 27.5 Å². The van der Waals surface area contributed by atoms with Gasteiger partial charge in [-0.3, -0.25) is 0 Å². The van der Waals surface area contributed by atoms with Crippen LogP contribution in [0.15, 0.2) is 27.6 Å². The molecule has 0 aliphatic heterocycles. The van der Waals surface area contributed by atoms with E-state index in [9.17, 15) is 8.42 Å². The van der Waals surface area contributed by atoms with Crippen molar-refractivity contribution in [1.82, 2.24) is 4.31 Å². The van der Waals surface area contributed by atoms with Crippen LogP contribution in [0.1, 0.15) is 0 Å². The number of nitrogens with zero attached hydrogens (tertiary/aromatic N) is 2. The highest BCUT2D eigenvalue weighted by Gasteiger charge is 2.25. The molecule has 0 aliphatic carbocycles. The van der Waals surface area contributed by atoms with Gasteiger partial charge >= 0.3 is 0 Å². The molecule has 1 rings (SSSR count). The Morgan fingerprint density at radius 2 is 2.11 bits per heavy atom. The summed E-state index contributed by atoms with van der Waals surface area (Å²) >= 11 is 9.07. The molecular formula is C11H8BrClN2O2S. The second-order valence-corrected chi connectivity index (χ2v) is 6.44. The van der Waals surface area contributed by atoms with Crippen molar-refractivity contribution >= 4 is 37.6 Å². The third-order valence-corrected chi connectivity index (χ3v) is 4.79. The van der Waals surface area contributed by atoms with E-state index in [0.29, 0.717) is 4.47 Å². The lowest BCUT2D eigenvalue weighted by molar-refractivity contribution is 0.481. The lowest BCUT2D eigenvalue weighted by Crippen LogP contribution is -2.32. The fourth-order valence-corrected chi connectivity index (χ4v) is 3.49. The van der Waals surface area contributed by atoms with Crippen LogP contribution in [0.5, 0.6) is 0 Å². The third-order valence-electron chi connectivity index (χ3n) is 2.03. The predicted molar refractivity (Wildman–Crippen MR) is 72.4 cm³/mol. The molecule has 0 aromatic heterocycles.